The summed E-state index contributed by atoms with van der Waals surface area (Å²) in [6.07, 6.45) is 4.02. The number of pyridine rings is 1. The zero-order valence-electron chi connectivity index (χ0n) is 11.6. The maximum Gasteiger partial charge on any atom is 0.331 e. The summed E-state index contributed by atoms with van der Waals surface area (Å²) in [4.78, 5) is 14.8. The SMILES string of the molecule is C/C(=C\c1ccc(Cc2cccnc2N)cc1)C(=O)O.Cl. The Morgan fingerprint density at radius 2 is 1.95 bits per heavy atom. The van der Waals surface area contributed by atoms with E-state index in [0.29, 0.717) is 17.8 Å². The Bertz CT molecular complexity index is 652. The average molecular weight is 305 g/mol. The molecule has 0 spiro atoms. The Hall–Kier alpha value is -2.33. The molecule has 0 aliphatic heterocycles. The molecule has 21 heavy (non-hydrogen) atoms. The molecular weight excluding hydrogens is 288 g/mol. The third-order valence-corrected chi connectivity index (χ3v) is 3.02. The van der Waals surface area contributed by atoms with Crippen molar-refractivity contribution in [2.75, 3.05) is 5.73 Å². The highest BCUT2D eigenvalue weighted by atomic mass is 35.5. The van der Waals surface area contributed by atoms with Crippen LogP contribution >= 0.6 is 12.4 Å². The number of nitrogen functional groups attached to an aromatic ring is 1. The minimum Gasteiger partial charge on any atom is -0.478 e. The van der Waals surface area contributed by atoms with Crippen molar-refractivity contribution in [1.82, 2.24) is 4.98 Å². The van der Waals surface area contributed by atoms with Gasteiger partial charge in [0.25, 0.3) is 0 Å². The van der Waals surface area contributed by atoms with Crippen molar-refractivity contribution in [2.45, 2.75) is 13.3 Å². The molecule has 0 atom stereocenters. The average Bonchev–Trinajstić information content (AvgIpc) is 2.43. The number of anilines is 1. The molecule has 0 saturated heterocycles. The van der Waals surface area contributed by atoms with Crippen molar-refractivity contribution < 1.29 is 9.90 Å². The highest BCUT2D eigenvalue weighted by molar-refractivity contribution is 5.91. The molecule has 0 amide bonds. The van der Waals surface area contributed by atoms with E-state index >= 15 is 0 Å². The minimum absolute atomic E-state index is 0. The first kappa shape index (κ1) is 16.7. The van der Waals surface area contributed by atoms with E-state index in [1.165, 1.54) is 0 Å². The van der Waals surface area contributed by atoms with Crippen molar-refractivity contribution in [1.29, 1.82) is 0 Å². The van der Waals surface area contributed by atoms with Crippen LogP contribution in [0.2, 0.25) is 0 Å². The summed E-state index contributed by atoms with van der Waals surface area (Å²) in [5.74, 6) is -0.365. The first-order chi connectivity index (χ1) is 9.56. The predicted molar refractivity (Wildman–Crippen MR) is 86.4 cm³/mol. The number of aromatic nitrogens is 1. The number of halogens is 1. The van der Waals surface area contributed by atoms with E-state index in [9.17, 15) is 4.79 Å². The lowest BCUT2D eigenvalue weighted by Crippen LogP contribution is -1.98. The maximum absolute atomic E-state index is 10.8. The highest BCUT2D eigenvalue weighted by Crippen LogP contribution is 2.15. The number of rotatable bonds is 4. The van der Waals surface area contributed by atoms with E-state index in [0.717, 1.165) is 16.7 Å². The van der Waals surface area contributed by atoms with E-state index in [2.05, 4.69) is 4.98 Å². The molecule has 4 nitrogen and oxygen atoms in total. The standard InChI is InChI=1S/C16H16N2O2.ClH/c1-11(16(19)20)9-12-4-6-13(7-5-12)10-14-3-2-8-18-15(14)17;/h2-9H,10H2,1H3,(H2,17,18)(H,19,20);1H/b11-9+;. The number of hydrogen-bond acceptors (Lipinski definition) is 3. The van der Waals surface area contributed by atoms with Crippen LogP contribution in [-0.4, -0.2) is 16.1 Å². The van der Waals surface area contributed by atoms with E-state index in [4.69, 9.17) is 10.8 Å². The Labute approximate surface area is 129 Å². The lowest BCUT2D eigenvalue weighted by atomic mass is 10.0. The van der Waals surface area contributed by atoms with E-state index in [1.54, 1.807) is 19.2 Å². The van der Waals surface area contributed by atoms with Gasteiger partial charge in [-0.3, -0.25) is 0 Å². The molecule has 2 rings (SSSR count). The van der Waals surface area contributed by atoms with Crippen LogP contribution in [-0.2, 0) is 11.2 Å². The van der Waals surface area contributed by atoms with Crippen LogP contribution in [0.4, 0.5) is 5.82 Å². The smallest absolute Gasteiger partial charge is 0.331 e. The number of benzene rings is 1. The molecule has 0 aliphatic rings. The summed E-state index contributed by atoms with van der Waals surface area (Å²) in [5, 5.41) is 8.83. The molecule has 2 aromatic rings. The molecule has 5 heteroatoms. The molecule has 110 valence electrons. The molecule has 1 aromatic carbocycles. The summed E-state index contributed by atoms with van der Waals surface area (Å²) in [6.45, 7) is 1.58. The van der Waals surface area contributed by atoms with Gasteiger partial charge in [-0.25, -0.2) is 9.78 Å². The second-order valence-electron chi connectivity index (χ2n) is 4.60. The van der Waals surface area contributed by atoms with Crippen LogP contribution in [0.1, 0.15) is 23.6 Å². The number of nitrogens with zero attached hydrogens (tertiary/aromatic N) is 1. The Morgan fingerprint density at radius 3 is 2.52 bits per heavy atom. The third kappa shape index (κ3) is 4.61. The zero-order chi connectivity index (χ0) is 14.5. The number of nitrogens with two attached hydrogens (primary N) is 1. The van der Waals surface area contributed by atoms with Crippen molar-refractivity contribution >= 4 is 30.3 Å². The molecule has 0 saturated carbocycles. The van der Waals surface area contributed by atoms with E-state index in [1.807, 2.05) is 36.4 Å². The van der Waals surface area contributed by atoms with Gasteiger partial charge in [-0.05, 0) is 35.8 Å². The molecule has 0 radical (unpaired) electrons. The van der Waals surface area contributed by atoms with Crippen molar-refractivity contribution in [3.63, 3.8) is 0 Å². The Kier molecular flexibility index (Phi) is 5.93. The lowest BCUT2D eigenvalue weighted by Gasteiger charge is -2.05. The minimum atomic E-state index is -0.905. The molecular formula is C16H17ClN2O2. The van der Waals surface area contributed by atoms with Crippen LogP contribution in [0.25, 0.3) is 6.08 Å². The molecule has 0 fully saturated rings. The number of carboxylic acid groups (broad SMARTS) is 1. The molecule has 1 aromatic heterocycles. The van der Waals surface area contributed by atoms with E-state index < -0.39 is 5.97 Å². The van der Waals surface area contributed by atoms with Crippen molar-refractivity contribution in [3.05, 3.63) is 64.9 Å². The second kappa shape index (κ2) is 7.45. The first-order valence-corrected chi connectivity index (χ1v) is 6.26. The molecule has 0 bridgehead atoms. The van der Waals surface area contributed by atoms with Crippen LogP contribution in [0.15, 0.2) is 48.2 Å². The van der Waals surface area contributed by atoms with Gasteiger partial charge in [-0.15, -0.1) is 12.4 Å². The van der Waals surface area contributed by atoms with Gasteiger partial charge < -0.3 is 10.8 Å². The lowest BCUT2D eigenvalue weighted by molar-refractivity contribution is -0.132. The van der Waals surface area contributed by atoms with Crippen LogP contribution in [0.5, 0.6) is 0 Å². The van der Waals surface area contributed by atoms with Crippen molar-refractivity contribution in [3.8, 4) is 0 Å². The van der Waals surface area contributed by atoms with Gasteiger partial charge >= 0.3 is 5.97 Å². The quantitative estimate of drug-likeness (QED) is 0.851. The fourth-order valence-electron chi connectivity index (χ4n) is 1.86. The number of aliphatic carboxylic acids is 1. The van der Waals surface area contributed by atoms with Gasteiger partial charge in [0.1, 0.15) is 5.82 Å². The van der Waals surface area contributed by atoms with Crippen molar-refractivity contribution in [2.24, 2.45) is 0 Å². The second-order valence-corrected chi connectivity index (χ2v) is 4.60. The zero-order valence-corrected chi connectivity index (χ0v) is 12.4. The molecule has 1 heterocycles. The summed E-state index contributed by atoms with van der Waals surface area (Å²) in [5.41, 5.74) is 9.08. The number of hydrogen-bond donors (Lipinski definition) is 2. The number of carboxylic acids is 1. The largest absolute Gasteiger partial charge is 0.478 e. The monoisotopic (exact) mass is 304 g/mol. The fraction of sp³-hybridized carbons (Fsp3) is 0.125. The van der Waals surface area contributed by atoms with Gasteiger partial charge in [-0.2, -0.15) is 0 Å². The molecule has 0 aliphatic carbocycles. The van der Waals surface area contributed by atoms with Crippen LogP contribution in [0.3, 0.4) is 0 Å². The predicted octanol–water partition coefficient (Wildman–Crippen LogP) is 3.16. The normalized spacial score (nSPS) is 10.8. The maximum atomic E-state index is 10.8. The van der Waals surface area contributed by atoms with Gasteiger partial charge in [0.05, 0.1) is 0 Å². The Morgan fingerprint density at radius 1 is 1.29 bits per heavy atom. The first-order valence-electron chi connectivity index (χ1n) is 6.26. The van der Waals surface area contributed by atoms with Crippen LogP contribution in [0, 0.1) is 0 Å². The summed E-state index contributed by atoms with van der Waals surface area (Å²) < 4.78 is 0. The van der Waals surface area contributed by atoms with Gasteiger partial charge in [-0.1, -0.05) is 30.3 Å². The number of carbonyl (C=O) groups is 1. The summed E-state index contributed by atoms with van der Waals surface area (Å²) in [7, 11) is 0. The topological polar surface area (TPSA) is 76.2 Å². The highest BCUT2D eigenvalue weighted by Gasteiger charge is 2.02. The van der Waals surface area contributed by atoms with Gasteiger partial charge in [0.15, 0.2) is 0 Å². The third-order valence-electron chi connectivity index (χ3n) is 3.02. The van der Waals surface area contributed by atoms with Gasteiger partial charge in [0.2, 0.25) is 0 Å². The van der Waals surface area contributed by atoms with E-state index in [-0.39, 0.29) is 12.4 Å². The molecule has 3 N–H and O–H groups in total. The fourth-order valence-corrected chi connectivity index (χ4v) is 1.86. The van der Waals surface area contributed by atoms with Crippen LogP contribution < -0.4 is 5.73 Å². The van der Waals surface area contributed by atoms with Gasteiger partial charge in [0, 0.05) is 18.2 Å². The Balaban J connectivity index is 0.00000220. The summed E-state index contributed by atoms with van der Waals surface area (Å²) in [6, 6.07) is 11.5. The summed E-state index contributed by atoms with van der Waals surface area (Å²) >= 11 is 0. The molecule has 0 unspecified atom stereocenters.